The zero-order chi connectivity index (χ0) is 12.4. The smallest absolute Gasteiger partial charge is 0.226 e. The Kier molecular flexibility index (Phi) is 4.08. The number of nitrogens with two attached hydrogens (primary N) is 1. The number of carbonyl (C=O) groups is 1. The molecule has 1 saturated carbocycles. The molecule has 2 N–H and O–H groups in total. The van der Waals surface area contributed by atoms with Crippen molar-refractivity contribution in [2.24, 2.45) is 17.6 Å². The fourth-order valence-electron chi connectivity index (χ4n) is 3.69. The molecule has 98 valence electrons. The molecule has 0 aromatic carbocycles. The second kappa shape index (κ2) is 5.38. The van der Waals surface area contributed by atoms with E-state index in [1.54, 1.807) is 0 Å². The van der Waals surface area contributed by atoms with Crippen LogP contribution in [0.4, 0.5) is 0 Å². The third-order valence-electron chi connectivity index (χ3n) is 4.73. The van der Waals surface area contributed by atoms with Gasteiger partial charge in [-0.3, -0.25) is 4.79 Å². The molecule has 17 heavy (non-hydrogen) atoms. The molecule has 1 heterocycles. The lowest BCUT2D eigenvalue weighted by atomic mass is 9.90. The minimum Gasteiger partial charge on any atom is -0.337 e. The summed E-state index contributed by atoms with van der Waals surface area (Å²) in [6.07, 6.45) is 6.96. The van der Waals surface area contributed by atoms with Gasteiger partial charge in [0, 0.05) is 18.0 Å². The Hall–Kier alpha value is -0.570. The number of likely N-dealkylation sites (tertiary alicyclic amines) is 1. The van der Waals surface area contributed by atoms with Crippen LogP contribution >= 0.6 is 0 Å². The van der Waals surface area contributed by atoms with E-state index < -0.39 is 0 Å². The lowest BCUT2D eigenvalue weighted by Crippen LogP contribution is -2.50. The summed E-state index contributed by atoms with van der Waals surface area (Å²) in [6, 6.07) is 0.843. The highest BCUT2D eigenvalue weighted by atomic mass is 16.2. The number of carbonyl (C=O) groups excluding carboxylic acids is 1. The number of hydrogen-bond acceptors (Lipinski definition) is 2. The summed E-state index contributed by atoms with van der Waals surface area (Å²) in [5, 5.41) is 0. The average molecular weight is 238 g/mol. The Labute approximate surface area is 105 Å². The topological polar surface area (TPSA) is 46.3 Å². The van der Waals surface area contributed by atoms with E-state index in [2.05, 4.69) is 18.7 Å². The first-order valence-corrected chi connectivity index (χ1v) is 7.17. The number of piperidine rings is 1. The molecule has 2 aliphatic rings. The first kappa shape index (κ1) is 12.9. The van der Waals surface area contributed by atoms with Crippen molar-refractivity contribution in [1.82, 2.24) is 4.90 Å². The van der Waals surface area contributed by atoms with Crippen molar-refractivity contribution in [2.75, 3.05) is 6.54 Å². The van der Waals surface area contributed by atoms with Crippen molar-refractivity contribution >= 4 is 5.91 Å². The normalized spacial score (nSPS) is 38.4. The quantitative estimate of drug-likeness (QED) is 0.801. The molecule has 4 atom stereocenters. The van der Waals surface area contributed by atoms with E-state index in [-0.39, 0.29) is 5.92 Å². The summed E-state index contributed by atoms with van der Waals surface area (Å²) in [4.78, 5) is 14.8. The van der Waals surface area contributed by atoms with E-state index in [0.29, 0.717) is 30.5 Å². The summed E-state index contributed by atoms with van der Waals surface area (Å²) in [5.74, 6) is 1.03. The summed E-state index contributed by atoms with van der Waals surface area (Å²) < 4.78 is 0. The molecule has 1 saturated heterocycles. The number of amides is 1. The van der Waals surface area contributed by atoms with Gasteiger partial charge < -0.3 is 10.6 Å². The molecular weight excluding hydrogens is 212 g/mol. The molecule has 0 aromatic rings. The molecule has 2 rings (SSSR count). The maximum absolute atomic E-state index is 12.7. The van der Waals surface area contributed by atoms with Crippen molar-refractivity contribution in [3.8, 4) is 0 Å². The van der Waals surface area contributed by atoms with Gasteiger partial charge in [-0.05, 0) is 58.4 Å². The zero-order valence-corrected chi connectivity index (χ0v) is 11.2. The van der Waals surface area contributed by atoms with Gasteiger partial charge in [-0.2, -0.15) is 0 Å². The molecule has 0 bridgehead atoms. The standard InChI is InChI=1S/C14H26N2O/c1-10-5-3-6-11(2)16(10)14(17)13-8-4-7-12(13)9-15/h10-13H,3-9,15H2,1-2H3. The largest absolute Gasteiger partial charge is 0.337 e. The molecule has 1 aliphatic heterocycles. The minimum absolute atomic E-state index is 0.211. The fourth-order valence-corrected chi connectivity index (χ4v) is 3.69. The van der Waals surface area contributed by atoms with Gasteiger partial charge in [-0.15, -0.1) is 0 Å². The highest BCUT2D eigenvalue weighted by Crippen LogP contribution is 2.35. The Morgan fingerprint density at radius 2 is 1.71 bits per heavy atom. The molecule has 0 spiro atoms. The maximum Gasteiger partial charge on any atom is 0.226 e. The number of hydrogen-bond donors (Lipinski definition) is 1. The molecule has 1 aliphatic carbocycles. The van der Waals surface area contributed by atoms with Gasteiger partial charge in [-0.25, -0.2) is 0 Å². The Morgan fingerprint density at radius 3 is 2.29 bits per heavy atom. The third kappa shape index (κ3) is 2.49. The minimum atomic E-state index is 0.211. The molecule has 0 radical (unpaired) electrons. The predicted molar refractivity (Wildman–Crippen MR) is 69.5 cm³/mol. The predicted octanol–water partition coefficient (Wildman–Crippen LogP) is 2.15. The van der Waals surface area contributed by atoms with Gasteiger partial charge in [0.1, 0.15) is 0 Å². The lowest BCUT2D eigenvalue weighted by molar-refractivity contribution is -0.142. The van der Waals surface area contributed by atoms with Gasteiger partial charge in [-0.1, -0.05) is 6.42 Å². The molecule has 3 nitrogen and oxygen atoms in total. The maximum atomic E-state index is 12.7. The monoisotopic (exact) mass is 238 g/mol. The Bertz CT molecular complexity index is 269. The van der Waals surface area contributed by atoms with Crippen LogP contribution in [0.2, 0.25) is 0 Å². The lowest BCUT2D eigenvalue weighted by Gasteiger charge is -2.41. The van der Waals surface area contributed by atoms with Crippen molar-refractivity contribution in [3.05, 3.63) is 0 Å². The van der Waals surface area contributed by atoms with Gasteiger partial charge >= 0.3 is 0 Å². The van der Waals surface area contributed by atoms with Crippen LogP contribution in [0.25, 0.3) is 0 Å². The summed E-state index contributed by atoms with van der Waals surface area (Å²) >= 11 is 0. The van der Waals surface area contributed by atoms with E-state index in [1.807, 2.05) is 0 Å². The van der Waals surface area contributed by atoms with Crippen LogP contribution in [0, 0.1) is 11.8 Å². The Morgan fingerprint density at radius 1 is 1.12 bits per heavy atom. The molecule has 0 aromatic heterocycles. The van der Waals surface area contributed by atoms with E-state index in [1.165, 1.54) is 12.8 Å². The van der Waals surface area contributed by atoms with Gasteiger partial charge in [0.25, 0.3) is 0 Å². The van der Waals surface area contributed by atoms with Crippen LogP contribution in [-0.4, -0.2) is 29.4 Å². The molecule has 1 amide bonds. The van der Waals surface area contributed by atoms with Crippen LogP contribution < -0.4 is 5.73 Å². The van der Waals surface area contributed by atoms with Gasteiger partial charge in [0.15, 0.2) is 0 Å². The van der Waals surface area contributed by atoms with Crippen LogP contribution in [-0.2, 0) is 4.79 Å². The first-order chi connectivity index (χ1) is 8.15. The van der Waals surface area contributed by atoms with Crippen molar-refractivity contribution in [3.63, 3.8) is 0 Å². The van der Waals surface area contributed by atoms with E-state index >= 15 is 0 Å². The van der Waals surface area contributed by atoms with Crippen LogP contribution in [0.15, 0.2) is 0 Å². The Balaban J connectivity index is 2.07. The highest BCUT2D eigenvalue weighted by Gasteiger charge is 2.38. The van der Waals surface area contributed by atoms with Crippen molar-refractivity contribution in [1.29, 1.82) is 0 Å². The SMILES string of the molecule is CC1CCCC(C)N1C(=O)C1CCCC1CN. The zero-order valence-electron chi connectivity index (χ0n) is 11.2. The van der Waals surface area contributed by atoms with E-state index in [4.69, 9.17) is 5.73 Å². The second-order valence-corrected chi connectivity index (χ2v) is 5.91. The molecule has 2 fully saturated rings. The first-order valence-electron chi connectivity index (χ1n) is 7.17. The second-order valence-electron chi connectivity index (χ2n) is 5.91. The van der Waals surface area contributed by atoms with Crippen LogP contribution in [0.3, 0.4) is 0 Å². The summed E-state index contributed by atoms with van der Waals surface area (Å²) in [5.41, 5.74) is 5.79. The van der Waals surface area contributed by atoms with E-state index in [0.717, 1.165) is 25.7 Å². The highest BCUT2D eigenvalue weighted by molar-refractivity contribution is 5.80. The molecular formula is C14H26N2O. The number of rotatable bonds is 2. The summed E-state index contributed by atoms with van der Waals surface area (Å²) in [7, 11) is 0. The van der Waals surface area contributed by atoms with Crippen molar-refractivity contribution < 1.29 is 4.79 Å². The molecule has 4 unspecified atom stereocenters. The van der Waals surface area contributed by atoms with Gasteiger partial charge in [0.05, 0.1) is 0 Å². The number of nitrogens with zero attached hydrogens (tertiary/aromatic N) is 1. The summed E-state index contributed by atoms with van der Waals surface area (Å²) in [6.45, 7) is 5.06. The average Bonchev–Trinajstić information content (AvgIpc) is 2.76. The van der Waals surface area contributed by atoms with Crippen LogP contribution in [0.5, 0.6) is 0 Å². The van der Waals surface area contributed by atoms with Crippen LogP contribution in [0.1, 0.15) is 52.4 Å². The van der Waals surface area contributed by atoms with Crippen molar-refractivity contribution in [2.45, 2.75) is 64.5 Å². The molecule has 3 heteroatoms. The van der Waals surface area contributed by atoms with Gasteiger partial charge in [0.2, 0.25) is 5.91 Å². The fraction of sp³-hybridized carbons (Fsp3) is 0.929. The third-order valence-corrected chi connectivity index (χ3v) is 4.73. The van der Waals surface area contributed by atoms with E-state index in [9.17, 15) is 4.79 Å².